The van der Waals surface area contributed by atoms with Crippen molar-refractivity contribution in [2.45, 2.75) is 26.3 Å². The Morgan fingerprint density at radius 1 is 1.45 bits per heavy atom. The zero-order chi connectivity index (χ0) is 14.5. The van der Waals surface area contributed by atoms with Crippen molar-refractivity contribution in [3.63, 3.8) is 0 Å². The highest BCUT2D eigenvalue weighted by atomic mass is 32.1. The Labute approximate surface area is 122 Å². The maximum absolute atomic E-state index is 12.2. The molecule has 1 atom stereocenters. The van der Waals surface area contributed by atoms with Gasteiger partial charge in [0.1, 0.15) is 5.69 Å². The van der Waals surface area contributed by atoms with Gasteiger partial charge in [0.15, 0.2) is 5.13 Å². The second kappa shape index (κ2) is 6.47. The van der Waals surface area contributed by atoms with Crippen molar-refractivity contribution in [2.24, 2.45) is 0 Å². The van der Waals surface area contributed by atoms with Crippen LogP contribution in [-0.4, -0.2) is 22.9 Å². The molecule has 0 aliphatic rings. The lowest BCUT2D eigenvalue weighted by molar-refractivity contribution is 0.0930. The maximum Gasteiger partial charge on any atom is 0.271 e. The first-order valence-corrected chi connectivity index (χ1v) is 7.38. The molecule has 0 aromatic carbocycles. The van der Waals surface area contributed by atoms with Crippen molar-refractivity contribution in [3.05, 3.63) is 40.7 Å². The second-order valence-corrected chi connectivity index (χ2v) is 5.34. The van der Waals surface area contributed by atoms with Gasteiger partial charge in [-0.15, -0.1) is 11.3 Å². The van der Waals surface area contributed by atoms with Gasteiger partial charge in [-0.05, 0) is 25.0 Å². The Hall–Kier alpha value is -1.95. The van der Waals surface area contributed by atoms with Gasteiger partial charge < -0.3 is 10.6 Å². The van der Waals surface area contributed by atoms with Gasteiger partial charge in [-0.1, -0.05) is 13.0 Å². The highest BCUT2D eigenvalue weighted by molar-refractivity contribution is 7.13. The molecule has 0 radical (unpaired) electrons. The van der Waals surface area contributed by atoms with E-state index in [0.717, 1.165) is 22.8 Å². The minimum absolute atomic E-state index is 0.0946. The van der Waals surface area contributed by atoms with Crippen LogP contribution < -0.4 is 10.6 Å². The van der Waals surface area contributed by atoms with E-state index in [-0.39, 0.29) is 11.9 Å². The monoisotopic (exact) mass is 290 g/mol. The van der Waals surface area contributed by atoms with E-state index < -0.39 is 0 Å². The van der Waals surface area contributed by atoms with Gasteiger partial charge in [0.2, 0.25) is 0 Å². The third-order valence-corrected chi connectivity index (χ3v) is 3.82. The molecule has 6 heteroatoms. The lowest BCUT2D eigenvalue weighted by Crippen LogP contribution is -2.29. The van der Waals surface area contributed by atoms with Crippen LogP contribution in [-0.2, 0) is 0 Å². The summed E-state index contributed by atoms with van der Waals surface area (Å²) in [6.07, 6.45) is 2.59. The van der Waals surface area contributed by atoms with E-state index in [0.29, 0.717) is 5.69 Å². The molecular formula is C14H18N4OS. The number of nitrogens with zero attached hydrogens (tertiary/aromatic N) is 2. The van der Waals surface area contributed by atoms with Crippen LogP contribution in [0.1, 0.15) is 41.1 Å². The molecule has 0 bridgehead atoms. The largest absolute Gasteiger partial charge is 0.365 e. The molecule has 20 heavy (non-hydrogen) atoms. The molecule has 106 valence electrons. The molecule has 1 amide bonds. The highest BCUT2D eigenvalue weighted by Gasteiger charge is 2.17. The Morgan fingerprint density at radius 3 is 2.80 bits per heavy atom. The number of anilines is 1. The highest BCUT2D eigenvalue weighted by Crippen LogP contribution is 2.18. The van der Waals surface area contributed by atoms with E-state index in [2.05, 4.69) is 20.6 Å². The molecule has 2 heterocycles. The molecule has 0 aliphatic carbocycles. The van der Waals surface area contributed by atoms with E-state index in [1.807, 2.05) is 32.2 Å². The fraction of sp³-hybridized carbons (Fsp3) is 0.357. The number of carbonyl (C=O) groups is 1. The van der Waals surface area contributed by atoms with Gasteiger partial charge >= 0.3 is 0 Å². The first-order valence-electron chi connectivity index (χ1n) is 6.50. The van der Waals surface area contributed by atoms with Gasteiger partial charge in [0.05, 0.1) is 11.7 Å². The van der Waals surface area contributed by atoms with E-state index in [1.54, 1.807) is 12.4 Å². The second-order valence-electron chi connectivity index (χ2n) is 4.48. The Morgan fingerprint density at radius 2 is 2.25 bits per heavy atom. The normalized spacial score (nSPS) is 11.9. The van der Waals surface area contributed by atoms with Crippen LogP contribution in [0.2, 0.25) is 0 Å². The first kappa shape index (κ1) is 14.5. The molecule has 0 aliphatic heterocycles. The molecule has 5 nitrogen and oxygen atoms in total. The zero-order valence-electron chi connectivity index (χ0n) is 11.8. The average Bonchev–Trinajstić information content (AvgIpc) is 2.94. The van der Waals surface area contributed by atoms with Gasteiger partial charge in [-0.3, -0.25) is 9.78 Å². The van der Waals surface area contributed by atoms with Gasteiger partial charge in [-0.2, -0.15) is 0 Å². The summed E-state index contributed by atoms with van der Waals surface area (Å²) in [6.45, 7) is 4.01. The Kier molecular flexibility index (Phi) is 4.68. The number of aromatic nitrogens is 2. The summed E-state index contributed by atoms with van der Waals surface area (Å²) in [4.78, 5) is 20.7. The van der Waals surface area contributed by atoms with Crippen LogP contribution >= 0.6 is 11.3 Å². The lowest BCUT2D eigenvalue weighted by atomic mass is 10.1. The van der Waals surface area contributed by atoms with Crippen LogP contribution in [0, 0.1) is 6.92 Å². The third-order valence-electron chi connectivity index (χ3n) is 2.96. The molecule has 2 aromatic heterocycles. The lowest BCUT2D eigenvalue weighted by Gasteiger charge is -2.15. The van der Waals surface area contributed by atoms with Gasteiger partial charge in [-0.25, -0.2) is 4.98 Å². The summed E-state index contributed by atoms with van der Waals surface area (Å²) in [7, 11) is 1.78. The van der Waals surface area contributed by atoms with Crippen LogP contribution in [0.3, 0.4) is 0 Å². The first-order chi connectivity index (χ1) is 9.63. The minimum atomic E-state index is -0.169. The summed E-state index contributed by atoms with van der Waals surface area (Å²) in [6, 6.07) is 3.85. The SMILES string of the molecule is CC[C@H](NC(=O)c1csc(NC)n1)c1ccc(C)cn1. The Bertz CT molecular complexity index is 579. The van der Waals surface area contributed by atoms with E-state index in [9.17, 15) is 4.79 Å². The van der Waals surface area contributed by atoms with Crippen molar-refractivity contribution in [1.29, 1.82) is 0 Å². The van der Waals surface area contributed by atoms with Gasteiger partial charge in [0.25, 0.3) is 5.91 Å². The van der Waals surface area contributed by atoms with Crippen LogP contribution in [0.25, 0.3) is 0 Å². The van der Waals surface area contributed by atoms with Crippen molar-refractivity contribution in [2.75, 3.05) is 12.4 Å². The minimum Gasteiger partial charge on any atom is -0.365 e. The summed E-state index contributed by atoms with van der Waals surface area (Å²) in [5.74, 6) is -0.169. The Balaban J connectivity index is 2.09. The summed E-state index contributed by atoms with van der Waals surface area (Å²) in [5.41, 5.74) is 2.41. The fourth-order valence-electron chi connectivity index (χ4n) is 1.80. The quantitative estimate of drug-likeness (QED) is 0.888. The summed E-state index contributed by atoms with van der Waals surface area (Å²) >= 11 is 1.41. The zero-order valence-corrected chi connectivity index (χ0v) is 12.6. The van der Waals surface area contributed by atoms with Crippen LogP contribution in [0.4, 0.5) is 5.13 Å². The number of pyridine rings is 1. The van der Waals surface area contributed by atoms with Crippen molar-refractivity contribution in [1.82, 2.24) is 15.3 Å². The summed E-state index contributed by atoms with van der Waals surface area (Å²) in [5, 5.41) is 8.37. The summed E-state index contributed by atoms with van der Waals surface area (Å²) < 4.78 is 0. The number of amides is 1. The van der Waals surface area contributed by atoms with Crippen LogP contribution in [0.15, 0.2) is 23.7 Å². The van der Waals surface area contributed by atoms with Crippen molar-refractivity contribution >= 4 is 22.4 Å². The molecule has 0 saturated carbocycles. The molecule has 0 unspecified atom stereocenters. The topological polar surface area (TPSA) is 66.9 Å². The number of aryl methyl sites for hydroxylation is 1. The molecule has 2 N–H and O–H groups in total. The van der Waals surface area contributed by atoms with Crippen molar-refractivity contribution < 1.29 is 4.79 Å². The number of carbonyl (C=O) groups excluding carboxylic acids is 1. The third kappa shape index (κ3) is 3.33. The molecule has 0 spiro atoms. The number of hydrogen-bond acceptors (Lipinski definition) is 5. The molecule has 2 aromatic rings. The van der Waals surface area contributed by atoms with Crippen molar-refractivity contribution in [3.8, 4) is 0 Å². The molecule has 0 saturated heterocycles. The predicted molar refractivity (Wildman–Crippen MR) is 81.1 cm³/mol. The number of rotatable bonds is 5. The average molecular weight is 290 g/mol. The molecular weight excluding hydrogens is 272 g/mol. The number of nitrogens with one attached hydrogen (secondary N) is 2. The van der Waals surface area contributed by atoms with E-state index in [4.69, 9.17) is 0 Å². The van der Waals surface area contributed by atoms with Crippen LogP contribution in [0.5, 0.6) is 0 Å². The molecule has 0 fully saturated rings. The number of thiazole rings is 1. The number of hydrogen-bond donors (Lipinski definition) is 2. The van der Waals surface area contributed by atoms with Gasteiger partial charge in [0, 0.05) is 18.6 Å². The standard InChI is InChI=1S/C14H18N4OS/c1-4-10(11-6-5-9(2)7-16-11)17-13(19)12-8-20-14(15-3)18-12/h5-8,10H,4H2,1-3H3,(H,15,18)(H,17,19)/t10-/m0/s1. The van der Waals surface area contributed by atoms with E-state index >= 15 is 0 Å². The fourth-order valence-corrected chi connectivity index (χ4v) is 2.45. The smallest absolute Gasteiger partial charge is 0.271 e. The van der Waals surface area contributed by atoms with E-state index in [1.165, 1.54) is 11.3 Å². The predicted octanol–water partition coefficient (Wildman–Crippen LogP) is 2.77. The molecule has 2 rings (SSSR count). The maximum atomic E-state index is 12.2.